The molecular weight excluding hydrogens is 473 g/mol. The summed E-state index contributed by atoms with van der Waals surface area (Å²) in [5, 5.41) is 13.0. The van der Waals surface area contributed by atoms with Crippen molar-refractivity contribution < 1.29 is 13.9 Å². The van der Waals surface area contributed by atoms with Gasteiger partial charge in [0.05, 0.1) is 48.2 Å². The SMILES string of the molecule is COc1cccc2[nH]c(-c3c(N)ncc(-c4cc(F)cc(C#N)c4)c3N3CC[C@@H]4NCCO[C@H]4C3)nc12. The Morgan fingerprint density at radius 3 is 3.03 bits per heavy atom. The van der Waals surface area contributed by atoms with Crippen LogP contribution >= 0.6 is 0 Å². The monoisotopic (exact) mass is 499 g/mol. The smallest absolute Gasteiger partial charge is 0.146 e. The number of para-hydroxylation sites is 1. The molecule has 188 valence electrons. The Hall–Kier alpha value is -4.20. The number of nitrogens with zero attached hydrogens (tertiary/aromatic N) is 4. The van der Waals surface area contributed by atoms with Crippen LogP contribution < -0.4 is 20.7 Å². The van der Waals surface area contributed by atoms with Gasteiger partial charge in [-0.1, -0.05) is 6.07 Å². The maximum Gasteiger partial charge on any atom is 0.146 e. The summed E-state index contributed by atoms with van der Waals surface area (Å²) in [5.74, 6) is 0.961. The number of nitriles is 1. The third kappa shape index (κ3) is 4.12. The van der Waals surface area contributed by atoms with E-state index >= 15 is 0 Å². The molecule has 2 aliphatic rings. The Balaban J connectivity index is 1.57. The number of pyridine rings is 1. The fraction of sp³-hybridized carbons (Fsp3) is 0.296. The van der Waals surface area contributed by atoms with Gasteiger partial charge in [0.2, 0.25) is 0 Å². The molecule has 0 amide bonds. The number of morpholine rings is 1. The first-order chi connectivity index (χ1) is 18.1. The number of ether oxygens (including phenoxy) is 2. The number of hydrogen-bond donors (Lipinski definition) is 3. The lowest BCUT2D eigenvalue weighted by molar-refractivity contribution is -0.00899. The summed E-state index contributed by atoms with van der Waals surface area (Å²) in [6, 6.07) is 12.3. The summed E-state index contributed by atoms with van der Waals surface area (Å²) < 4.78 is 26.2. The number of nitrogens with one attached hydrogen (secondary N) is 2. The van der Waals surface area contributed by atoms with Crippen LogP contribution in [0.25, 0.3) is 33.5 Å². The van der Waals surface area contributed by atoms with Gasteiger partial charge >= 0.3 is 0 Å². The van der Waals surface area contributed by atoms with E-state index < -0.39 is 5.82 Å². The zero-order chi connectivity index (χ0) is 25.5. The average molecular weight is 500 g/mol. The van der Waals surface area contributed by atoms with E-state index in [9.17, 15) is 9.65 Å². The largest absolute Gasteiger partial charge is 0.494 e. The number of halogens is 1. The summed E-state index contributed by atoms with van der Waals surface area (Å²) in [7, 11) is 1.60. The topological polar surface area (TPSA) is 125 Å². The highest BCUT2D eigenvalue weighted by atomic mass is 19.1. The van der Waals surface area contributed by atoms with Crippen molar-refractivity contribution in [3.63, 3.8) is 0 Å². The van der Waals surface area contributed by atoms with E-state index in [-0.39, 0.29) is 17.7 Å². The molecule has 4 aromatic rings. The molecule has 9 nitrogen and oxygen atoms in total. The first-order valence-electron chi connectivity index (χ1n) is 12.2. The van der Waals surface area contributed by atoms with Gasteiger partial charge in [0.15, 0.2) is 0 Å². The van der Waals surface area contributed by atoms with E-state index in [0.717, 1.165) is 30.7 Å². The minimum atomic E-state index is -0.495. The number of nitrogen functional groups attached to an aromatic ring is 1. The second-order valence-corrected chi connectivity index (χ2v) is 9.27. The molecule has 0 unspecified atom stereocenters. The van der Waals surface area contributed by atoms with E-state index in [1.54, 1.807) is 19.4 Å². The number of piperidine rings is 1. The fourth-order valence-corrected chi connectivity index (χ4v) is 5.36. The minimum absolute atomic E-state index is 0.00413. The molecule has 4 heterocycles. The summed E-state index contributed by atoms with van der Waals surface area (Å²) in [5.41, 5.74) is 10.8. The molecule has 0 bridgehead atoms. The van der Waals surface area contributed by atoms with Gasteiger partial charge < -0.3 is 30.4 Å². The molecule has 2 aromatic heterocycles. The molecule has 4 N–H and O–H groups in total. The maximum atomic E-state index is 14.6. The molecule has 37 heavy (non-hydrogen) atoms. The van der Waals surface area contributed by atoms with Gasteiger partial charge in [-0.25, -0.2) is 14.4 Å². The van der Waals surface area contributed by atoms with E-state index in [0.29, 0.717) is 52.8 Å². The van der Waals surface area contributed by atoms with Gasteiger partial charge in [-0.2, -0.15) is 5.26 Å². The summed E-state index contributed by atoms with van der Waals surface area (Å²) in [6.45, 7) is 2.82. The lowest BCUT2D eigenvalue weighted by atomic mass is 9.95. The van der Waals surface area contributed by atoms with Gasteiger partial charge in [0, 0.05) is 37.4 Å². The van der Waals surface area contributed by atoms with Crippen LogP contribution in [0.15, 0.2) is 42.6 Å². The number of rotatable bonds is 4. The zero-order valence-corrected chi connectivity index (χ0v) is 20.3. The van der Waals surface area contributed by atoms with Crippen LogP contribution in [0.3, 0.4) is 0 Å². The van der Waals surface area contributed by atoms with Gasteiger partial charge in [-0.3, -0.25) is 0 Å². The van der Waals surface area contributed by atoms with Crippen LogP contribution in [0.1, 0.15) is 12.0 Å². The van der Waals surface area contributed by atoms with E-state index in [1.165, 1.54) is 12.1 Å². The minimum Gasteiger partial charge on any atom is -0.494 e. The Bertz CT molecular complexity index is 1530. The fourth-order valence-electron chi connectivity index (χ4n) is 5.36. The average Bonchev–Trinajstić information content (AvgIpc) is 3.36. The zero-order valence-electron chi connectivity index (χ0n) is 20.3. The van der Waals surface area contributed by atoms with Crippen LogP contribution in [-0.2, 0) is 4.74 Å². The highest BCUT2D eigenvalue weighted by Crippen LogP contribution is 2.43. The number of aromatic nitrogens is 3. The Labute approximate surface area is 213 Å². The van der Waals surface area contributed by atoms with E-state index in [2.05, 4.69) is 20.2 Å². The highest BCUT2D eigenvalue weighted by Gasteiger charge is 2.35. The van der Waals surface area contributed by atoms with Gasteiger partial charge in [-0.15, -0.1) is 0 Å². The van der Waals surface area contributed by atoms with Gasteiger partial charge in [-0.05, 0) is 42.3 Å². The van der Waals surface area contributed by atoms with Crippen molar-refractivity contribution in [2.75, 3.05) is 44.0 Å². The predicted octanol–water partition coefficient (Wildman–Crippen LogP) is 3.46. The molecule has 6 rings (SSSR count). The molecule has 2 saturated heterocycles. The van der Waals surface area contributed by atoms with E-state index in [4.69, 9.17) is 20.2 Å². The van der Waals surface area contributed by atoms with Crippen LogP contribution in [0.5, 0.6) is 5.75 Å². The number of H-pyrrole nitrogens is 1. The first-order valence-corrected chi connectivity index (χ1v) is 12.2. The standard InChI is InChI=1S/C27H26FN7O2/c1-36-21-4-2-3-20-24(21)34-27(33-20)23-25(35-7-5-19-22(14-35)37-8-6-31-19)18(13-32-26(23)30)16-9-15(12-29)10-17(28)11-16/h2-4,9-11,13,19,22,31H,5-8,14H2,1H3,(H2,30,32)(H,33,34)/t19-,22-/m0/s1. The van der Waals surface area contributed by atoms with Gasteiger partial charge in [0.1, 0.15) is 28.7 Å². The third-order valence-corrected chi connectivity index (χ3v) is 7.07. The third-order valence-electron chi connectivity index (χ3n) is 7.07. The second-order valence-electron chi connectivity index (χ2n) is 9.27. The molecule has 2 fully saturated rings. The summed E-state index contributed by atoms with van der Waals surface area (Å²) in [6.07, 6.45) is 2.50. The predicted molar refractivity (Wildman–Crippen MR) is 139 cm³/mol. The first kappa shape index (κ1) is 23.2. The molecular formula is C27H26FN7O2. The van der Waals surface area contributed by atoms with Crippen LogP contribution in [0.2, 0.25) is 0 Å². The van der Waals surface area contributed by atoms with E-state index in [1.807, 2.05) is 24.3 Å². The van der Waals surface area contributed by atoms with Crippen molar-refractivity contribution in [2.45, 2.75) is 18.6 Å². The molecule has 2 atom stereocenters. The number of anilines is 2. The van der Waals surface area contributed by atoms with Crippen LogP contribution in [0.4, 0.5) is 15.9 Å². The molecule has 0 spiro atoms. The van der Waals surface area contributed by atoms with Crippen LogP contribution in [-0.4, -0.2) is 60.4 Å². The Morgan fingerprint density at radius 2 is 2.19 bits per heavy atom. The van der Waals surface area contributed by atoms with Crippen LogP contribution in [0, 0.1) is 17.1 Å². The number of methoxy groups -OCH3 is 1. The number of hydrogen-bond acceptors (Lipinski definition) is 8. The number of benzene rings is 2. The molecule has 10 heteroatoms. The number of nitrogens with two attached hydrogens (primary N) is 1. The molecule has 2 aromatic carbocycles. The molecule has 0 aliphatic carbocycles. The van der Waals surface area contributed by atoms with Crippen molar-refractivity contribution in [2.24, 2.45) is 0 Å². The summed E-state index contributed by atoms with van der Waals surface area (Å²) in [4.78, 5) is 14.9. The quantitative estimate of drug-likeness (QED) is 0.390. The van der Waals surface area contributed by atoms with Crippen molar-refractivity contribution in [1.29, 1.82) is 5.26 Å². The Kier molecular flexibility index (Phi) is 5.87. The highest BCUT2D eigenvalue weighted by molar-refractivity contribution is 5.96. The van der Waals surface area contributed by atoms with Crippen molar-refractivity contribution in [1.82, 2.24) is 20.3 Å². The van der Waals surface area contributed by atoms with Crippen molar-refractivity contribution in [3.05, 3.63) is 54.0 Å². The van der Waals surface area contributed by atoms with Crippen molar-refractivity contribution >= 4 is 22.5 Å². The summed E-state index contributed by atoms with van der Waals surface area (Å²) >= 11 is 0. The molecule has 0 saturated carbocycles. The molecule has 2 aliphatic heterocycles. The number of imidazole rings is 1. The number of aromatic amines is 1. The maximum absolute atomic E-state index is 14.6. The number of fused-ring (bicyclic) bond motifs is 2. The van der Waals surface area contributed by atoms with Crippen molar-refractivity contribution in [3.8, 4) is 34.3 Å². The lowest BCUT2D eigenvalue weighted by Gasteiger charge is -2.43. The lowest BCUT2D eigenvalue weighted by Crippen LogP contribution is -2.58. The molecule has 0 radical (unpaired) electrons. The van der Waals surface area contributed by atoms with Gasteiger partial charge in [0.25, 0.3) is 0 Å². The normalized spacial score (nSPS) is 19.4. The second kappa shape index (κ2) is 9.35. The Morgan fingerprint density at radius 1 is 1.30 bits per heavy atom.